The lowest BCUT2D eigenvalue weighted by Gasteiger charge is -2.26. The van der Waals surface area contributed by atoms with Crippen LogP contribution in [0.5, 0.6) is 5.75 Å². The van der Waals surface area contributed by atoms with Gasteiger partial charge in [-0.05, 0) is 18.9 Å². The van der Waals surface area contributed by atoms with Gasteiger partial charge in [-0.25, -0.2) is 0 Å². The minimum atomic E-state index is -0.449. The monoisotopic (exact) mass is 264 g/mol. The molecule has 0 saturated heterocycles. The van der Waals surface area contributed by atoms with Crippen molar-refractivity contribution in [3.63, 3.8) is 0 Å². The number of likely N-dealkylation sites (N-methyl/N-ethyl adjacent to an activating group) is 1. The second kappa shape index (κ2) is 7.14. The third kappa shape index (κ3) is 3.96. The molecule has 0 saturated carbocycles. The summed E-state index contributed by atoms with van der Waals surface area (Å²) in [5.74, 6) is 0.925. The summed E-state index contributed by atoms with van der Waals surface area (Å²) in [4.78, 5) is 14.0. The highest BCUT2D eigenvalue weighted by Crippen LogP contribution is 2.19. The Balaban J connectivity index is 2.85. The van der Waals surface area contributed by atoms with E-state index >= 15 is 0 Å². The predicted octanol–water partition coefficient (Wildman–Crippen LogP) is 2.03. The van der Waals surface area contributed by atoms with E-state index in [-0.39, 0.29) is 11.8 Å². The van der Waals surface area contributed by atoms with Crippen LogP contribution in [0.1, 0.15) is 26.3 Å². The van der Waals surface area contributed by atoms with E-state index in [1.54, 1.807) is 12.0 Å². The standard InChI is InChI=1S/C15H24N2O2/c1-5-17(15(18)14(16)11(2)3)10-12-8-6-7-9-13(12)19-4/h6-9,11,14H,5,10,16H2,1-4H3/t14-/m0/s1. The maximum atomic E-state index is 12.3. The number of methoxy groups -OCH3 is 1. The van der Waals surface area contributed by atoms with Crippen molar-refractivity contribution in [2.75, 3.05) is 13.7 Å². The minimum absolute atomic E-state index is 0.0107. The maximum absolute atomic E-state index is 12.3. The van der Waals surface area contributed by atoms with E-state index in [9.17, 15) is 4.79 Å². The molecule has 106 valence electrons. The highest BCUT2D eigenvalue weighted by Gasteiger charge is 2.23. The molecule has 0 heterocycles. The molecule has 19 heavy (non-hydrogen) atoms. The van der Waals surface area contributed by atoms with Crippen LogP contribution in [-0.2, 0) is 11.3 Å². The van der Waals surface area contributed by atoms with E-state index in [4.69, 9.17) is 10.5 Å². The van der Waals surface area contributed by atoms with Crippen LogP contribution in [0.15, 0.2) is 24.3 Å². The van der Waals surface area contributed by atoms with Gasteiger partial charge in [0, 0.05) is 18.7 Å². The summed E-state index contributed by atoms with van der Waals surface area (Å²) in [5.41, 5.74) is 6.93. The van der Waals surface area contributed by atoms with Crippen LogP contribution >= 0.6 is 0 Å². The molecule has 0 aliphatic heterocycles. The second-order valence-corrected chi connectivity index (χ2v) is 4.93. The van der Waals surface area contributed by atoms with Crippen molar-refractivity contribution in [1.29, 1.82) is 0 Å². The Labute approximate surface area is 115 Å². The fourth-order valence-electron chi connectivity index (χ4n) is 1.88. The molecule has 4 heteroatoms. The van der Waals surface area contributed by atoms with E-state index in [2.05, 4.69) is 0 Å². The summed E-state index contributed by atoms with van der Waals surface area (Å²) in [5, 5.41) is 0. The molecule has 0 fully saturated rings. The third-order valence-electron chi connectivity index (χ3n) is 3.25. The lowest BCUT2D eigenvalue weighted by molar-refractivity contribution is -0.134. The van der Waals surface area contributed by atoms with E-state index in [0.717, 1.165) is 11.3 Å². The van der Waals surface area contributed by atoms with Gasteiger partial charge in [0.25, 0.3) is 0 Å². The van der Waals surface area contributed by atoms with Crippen LogP contribution in [0.2, 0.25) is 0 Å². The number of carbonyl (C=O) groups is 1. The number of hydrogen-bond donors (Lipinski definition) is 1. The fraction of sp³-hybridized carbons (Fsp3) is 0.533. The number of ether oxygens (including phenoxy) is 1. The number of hydrogen-bond acceptors (Lipinski definition) is 3. The number of carbonyl (C=O) groups excluding carboxylic acids is 1. The van der Waals surface area contributed by atoms with Gasteiger partial charge in [0.15, 0.2) is 0 Å². The third-order valence-corrected chi connectivity index (χ3v) is 3.25. The van der Waals surface area contributed by atoms with Crippen LogP contribution in [0.4, 0.5) is 0 Å². The van der Waals surface area contributed by atoms with Gasteiger partial charge >= 0.3 is 0 Å². The lowest BCUT2D eigenvalue weighted by Crippen LogP contribution is -2.46. The van der Waals surface area contributed by atoms with Crippen molar-refractivity contribution in [3.8, 4) is 5.75 Å². The smallest absolute Gasteiger partial charge is 0.240 e. The molecule has 1 atom stereocenters. The van der Waals surface area contributed by atoms with Gasteiger partial charge in [0.05, 0.1) is 13.2 Å². The highest BCUT2D eigenvalue weighted by molar-refractivity contribution is 5.81. The lowest BCUT2D eigenvalue weighted by atomic mass is 10.0. The number of nitrogens with two attached hydrogens (primary N) is 1. The molecule has 2 N–H and O–H groups in total. The molecule has 1 amide bonds. The topological polar surface area (TPSA) is 55.6 Å². The first kappa shape index (κ1) is 15.5. The summed E-state index contributed by atoms with van der Waals surface area (Å²) in [6, 6.07) is 7.28. The van der Waals surface area contributed by atoms with Crippen molar-refractivity contribution in [1.82, 2.24) is 4.90 Å². The van der Waals surface area contributed by atoms with Crippen LogP contribution < -0.4 is 10.5 Å². The molecule has 1 aromatic carbocycles. The molecule has 0 radical (unpaired) electrons. The van der Waals surface area contributed by atoms with E-state index in [0.29, 0.717) is 13.1 Å². The van der Waals surface area contributed by atoms with Gasteiger partial charge in [-0.1, -0.05) is 32.0 Å². The van der Waals surface area contributed by atoms with Crippen LogP contribution in [0, 0.1) is 5.92 Å². The van der Waals surface area contributed by atoms with Crippen molar-refractivity contribution >= 4 is 5.91 Å². The van der Waals surface area contributed by atoms with E-state index in [1.165, 1.54) is 0 Å². The van der Waals surface area contributed by atoms with Gasteiger partial charge in [0.2, 0.25) is 5.91 Å². The Morgan fingerprint density at radius 1 is 1.37 bits per heavy atom. The van der Waals surface area contributed by atoms with Crippen LogP contribution in [0.25, 0.3) is 0 Å². The Bertz CT molecular complexity index is 418. The quantitative estimate of drug-likeness (QED) is 0.855. The number of amides is 1. The largest absolute Gasteiger partial charge is 0.496 e. The van der Waals surface area contributed by atoms with Crippen molar-refractivity contribution in [2.45, 2.75) is 33.4 Å². The van der Waals surface area contributed by atoms with Gasteiger partial charge in [-0.15, -0.1) is 0 Å². The van der Waals surface area contributed by atoms with Crippen LogP contribution in [-0.4, -0.2) is 30.5 Å². The molecule has 0 aliphatic carbocycles. The van der Waals surface area contributed by atoms with Crippen molar-refractivity contribution in [2.24, 2.45) is 11.7 Å². The summed E-state index contributed by atoms with van der Waals surface area (Å²) in [6.07, 6.45) is 0. The van der Waals surface area contributed by atoms with Gasteiger partial charge in [-0.3, -0.25) is 4.79 Å². The molecule has 4 nitrogen and oxygen atoms in total. The number of para-hydroxylation sites is 1. The first-order chi connectivity index (χ1) is 9.01. The molecule has 1 rings (SSSR count). The molecular weight excluding hydrogens is 240 g/mol. The highest BCUT2D eigenvalue weighted by atomic mass is 16.5. The maximum Gasteiger partial charge on any atom is 0.240 e. The molecule has 0 aliphatic rings. The Kier molecular flexibility index (Phi) is 5.83. The molecular formula is C15H24N2O2. The average molecular weight is 264 g/mol. The fourth-order valence-corrected chi connectivity index (χ4v) is 1.88. The second-order valence-electron chi connectivity index (χ2n) is 4.93. The summed E-state index contributed by atoms with van der Waals surface area (Å²) >= 11 is 0. The summed E-state index contributed by atoms with van der Waals surface area (Å²) < 4.78 is 5.31. The predicted molar refractivity (Wildman–Crippen MR) is 76.9 cm³/mol. The Hall–Kier alpha value is -1.55. The van der Waals surface area contributed by atoms with E-state index in [1.807, 2.05) is 45.0 Å². The molecule has 1 aromatic rings. The number of nitrogens with zero attached hydrogens (tertiary/aromatic N) is 1. The molecule has 0 bridgehead atoms. The van der Waals surface area contributed by atoms with Gasteiger partial charge in [-0.2, -0.15) is 0 Å². The zero-order chi connectivity index (χ0) is 14.4. The van der Waals surface area contributed by atoms with E-state index < -0.39 is 6.04 Å². The number of benzene rings is 1. The first-order valence-corrected chi connectivity index (χ1v) is 6.67. The Morgan fingerprint density at radius 3 is 2.53 bits per heavy atom. The minimum Gasteiger partial charge on any atom is -0.496 e. The SMILES string of the molecule is CCN(Cc1ccccc1OC)C(=O)[C@@H](N)C(C)C. The van der Waals surface area contributed by atoms with Crippen molar-refractivity contribution < 1.29 is 9.53 Å². The zero-order valence-electron chi connectivity index (χ0n) is 12.2. The van der Waals surface area contributed by atoms with Gasteiger partial charge in [0.1, 0.15) is 5.75 Å². The summed E-state index contributed by atoms with van der Waals surface area (Å²) in [6.45, 7) is 7.04. The Morgan fingerprint density at radius 2 is 2.00 bits per heavy atom. The zero-order valence-corrected chi connectivity index (χ0v) is 12.2. The molecule has 0 unspecified atom stereocenters. The number of rotatable bonds is 6. The summed E-state index contributed by atoms with van der Waals surface area (Å²) in [7, 11) is 1.64. The average Bonchev–Trinajstić information content (AvgIpc) is 2.43. The van der Waals surface area contributed by atoms with Crippen molar-refractivity contribution in [3.05, 3.63) is 29.8 Å². The first-order valence-electron chi connectivity index (χ1n) is 6.67. The molecule has 0 aromatic heterocycles. The molecule has 0 spiro atoms. The normalized spacial score (nSPS) is 12.3. The van der Waals surface area contributed by atoms with Crippen LogP contribution in [0.3, 0.4) is 0 Å². The van der Waals surface area contributed by atoms with Gasteiger partial charge < -0.3 is 15.4 Å².